The van der Waals surface area contributed by atoms with E-state index in [2.05, 4.69) is 16.2 Å². The summed E-state index contributed by atoms with van der Waals surface area (Å²) in [4.78, 5) is 23.4. The Morgan fingerprint density at radius 3 is 2.71 bits per heavy atom. The number of pyridine rings is 2. The lowest BCUT2D eigenvalue weighted by Gasteiger charge is -2.32. The Kier molecular flexibility index (Phi) is 7.96. The van der Waals surface area contributed by atoms with Gasteiger partial charge in [0.1, 0.15) is 35.1 Å². The number of amides is 1. The van der Waals surface area contributed by atoms with E-state index in [1.54, 1.807) is 15.6 Å². The van der Waals surface area contributed by atoms with Crippen LogP contribution >= 0.6 is 0 Å². The monoisotopic (exact) mass is 515 g/mol. The smallest absolute Gasteiger partial charge is 0.410 e. The third-order valence-electron chi connectivity index (χ3n) is 6.16. The highest BCUT2D eigenvalue weighted by Crippen LogP contribution is 2.29. The first-order valence-electron chi connectivity index (χ1n) is 12.6. The molecule has 0 atom stereocenters. The number of allylic oxidation sites excluding steroid dienone is 1. The molecule has 3 aromatic heterocycles. The SMILES string of the molecule is CC(=NC1CCN(C(=O)OC(C)(C)C)CC1)/C(=C\N)c1cc(OCc2ccccn2)c2c(C#N)cnn2c1. The van der Waals surface area contributed by atoms with E-state index >= 15 is 0 Å². The van der Waals surface area contributed by atoms with Crippen molar-refractivity contribution < 1.29 is 14.3 Å². The van der Waals surface area contributed by atoms with E-state index in [9.17, 15) is 10.1 Å². The van der Waals surface area contributed by atoms with Crippen LogP contribution in [0, 0.1) is 11.3 Å². The molecule has 1 aliphatic heterocycles. The maximum absolute atomic E-state index is 12.4. The van der Waals surface area contributed by atoms with Gasteiger partial charge in [-0.25, -0.2) is 9.31 Å². The zero-order valence-electron chi connectivity index (χ0n) is 22.2. The second-order valence-corrected chi connectivity index (χ2v) is 10.2. The molecule has 4 rings (SSSR count). The number of nitrogens with two attached hydrogens (primary N) is 1. The Labute approximate surface area is 222 Å². The lowest BCUT2D eigenvalue weighted by atomic mass is 10.0. The first-order chi connectivity index (χ1) is 18.2. The number of nitrogens with zero attached hydrogens (tertiary/aromatic N) is 6. The quantitative estimate of drug-likeness (QED) is 0.483. The van der Waals surface area contributed by atoms with Crippen LogP contribution in [0.25, 0.3) is 11.1 Å². The molecule has 1 amide bonds. The fourth-order valence-electron chi connectivity index (χ4n) is 4.33. The molecule has 2 N–H and O–H groups in total. The van der Waals surface area contributed by atoms with Crippen molar-refractivity contribution in [3.8, 4) is 11.8 Å². The van der Waals surface area contributed by atoms with Crippen LogP contribution in [-0.2, 0) is 11.3 Å². The van der Waals surface area contributed by atoms with Crippen LogP contribution in [0.5, 0.6) is 5.75 Å². The van der Waals surface area contributed by atoms with Gasteiger partial charge in [0.25, 0.3) is 0 Å². The number of rotatable bonds is 6. The molecule has 4 heterocycles. The maximum Gasteiger partial charge on any atom is 0.410 e. The predicted molar refractivity (Wildman–Crippen MR) is 145 cm³/mol. The summed E-state index contributed by atoms with van der Waals surface area (Å²) in [6, 6.07) is 9.69. The number of likely N-dealkylation sites (tertiary alicyclic amines) is 1. The van der Waals surface area contributed by atoms with Crippen molar-refractivity contribution in [3.63, 3.8) is 0 Å². The Bertz CT molecular complexity index is 1390. The van der Waals surface area contributed by atoms with Crippen molar-refractivity contribution in [2.75, 3.05) is 13.1 Å². The molecular formula is C28H33N7O3. The largest absolute Gasteiger partial charge is 0.485 e. The van der Waals surface area contributed by atoms with Crippen LogP contribution in [0.2, 0.25) is 0 Å². The molecule has 10 nitrogen and oxygen atoms in total. The van der Waals surface area contributed by atoms with Crippen molar-refractivity contribution in [1.82, 2.24) is 19.5 Å². The molecule has 0 saturated carbocycles. The maximum atomic E-state index is 12.4. The summed E-state index contributed by atoms with van der Waals surface area (Å²) in [5, 5.41) is 13.9. The van der Waals surface area contributed by atoms with Crippen LogP contribution in [-0.4, -0.2) is 56.0 Å². The summed E-state index contributed by atoms with van der Waals surface area (Å²) in [6.45, 7) is 8.91. The molecule has 0 unspecified atom stereocenters. The van der Waals surface area contributed by atoms with E-state index in [-0.39, 0.29) is 18.7 Å². The minimum atomic E-state index is -0.520. The molecule has 1 fully saturated rings. The Hall–Kier alpha value is -4.39. The van der Waals surface area contributed by atoms with Crippen molar-refractivity contribution in [2.45, 2.75) is 58.8 Å². The number of hydrogen-bond acceptors (Lipinski definition) is 8. The number of hydrogen-bond donors (Lipinski definition) is 1. The van der Waals surface area contributed by atoms with E-state index < -0.39 is 5.60 Å². The highest BCUT2D eigenvalue weighted by atomic mass is 16.6. The third kappa shape index (κ3) is 6.29. The number of fused-ring (bicyclic) bond motifs is 1. The van der Waals surface area contributed by atoms with Crippen LogP contribution in [0.15, 0.2) is 54.0 Å². The molecular weight excluding hydrogens is 482 g/mol. The molecule has 3 aromatic rings. The van der Waals surface area contributed by atoms with Crippen molar-refractivity contribution in [2.24, 2.45) is 10.7 Å². The Morgan fingerprint density at radius 1 is 1.32 bits per heavy atom. The van der Waals surface area contributed by atoms with Crippen molar-refractivity contribution in [1.29, 1.82) is 5.26 Å². The number of aromatic nitrogens is 3. The normalized spacial score (nSPS) is 15.4. The minimum absolute atomic E-state index is 0.0575. The molecule has 1 saturated heterocycles. The van der Waals surface area contributed by atoms with Gasteiger partial charge in [0, 0.05) is 48.5 Å². The number of aliphatic imine (C=N–C) groups is 1. The van der Waals surface area contributed by atoms with Crippen LogP contribution in [0.1, 0.15) is 57.4 Å². The van der Waals surface area contributed by atoms with Crippen LogP contribution in [0.4, 0.5) is 4.79 Å². The first kappa shape index (κ1) is 26.7. The van der Waals surface area contributed by atoms with Crippen LogP contribution in [0.3, 0.4) is 0 Å². The second-order valence-electron chi connectivity index (χ2n) is 10.2. The second kappa shape index (κ2) is 11.3. The number of piperidine rings is 1. The number of nitriles is 1. The van der Waals surface area contributed by atoms with Gasteiger partial charge in [-0.05, 0) is 58.7 Å². The molecule has 10 heteroatoms. The summed E-state index contributed by atoms with van der Waals surface area (Å²) in [7, 11) is 0. The summed E-state index contributed by atoms with van der Waals surface area (Å²) in [5.74, 6) is 0.500. The highest BCUT2D eigenvalue weighted by molar-refractivity contribution is 6.22. The lowest BCUT2D eigenvalue weighted by molar-refractivity contribution is 0.0207. The van der Waals surface area contributed by atoms with Crippen molar-refractivity contribution >= 4 is 22.9 Å². The highest BCUT2D eigenvalue weighted by Gasteiger charge is 2.27. The molecule has 38 heavy (non-hydrogen) atoms. The van der Waals surface area contributed by atoms with Gasteiger partial charge in [-0.2, -0.15) is 10.4 Å². The van der Waals surface area contributed by atoms with Crippen LogP contribution < -0.4 is 10.5 Å². The van der Waals surface area contributed by atoms with Gasteiger partial charge in [-0.1, -0.05) is 6.07 Å². The van der Waals surface area contributed by atoms with Gasteiger partial charge < -0.3 is 20.1 Å². The van der Waals surface area contributed by atoms with E-state index in [0.29, 0.717) is 29.9 Å². The van der Waals surface area contributed by atoms with Gasteiger partial charge >= 0.3 is 6.09 Å². The predicted octanol–water partition coefficient (Wildman–Crippen LogP) is 4.34. The Balaban J connectivity index is 1.54. The zero-order valence-corrected chi connectivity index (χ0v) is 22.2. The molecule has 0 bridgehead atoms. The fraction of sp³-hybridized carbons (Fsp3) is 0.393. The fourth-order valence-corrected chi connectivity index (χ4v) is 4.33. The topological polar surface area (TPSA) is 131 Å². The average Bonchev–Trinajstić information content (AvgIpc) is 3.31. The summed E-state index contributed by atoms with van der Waals surface area (Å²) >= 11 is 0. The summed E-state index contributed by atoms with van der Waals surface area (Å²) < 4.78 is 13.2. The molecule has 198 valence electrons. The third-order valence-corrected chi connectivity index (χ3v) is 6.16. The summed E-state index contributed by atoms with van der Waals surface area (Å²) in [6.07, 6.45) is 7.73. The molecule has 0 aliphatic carbocycles. The van der Waals surface area contributed by atoms with E-state index in [4.69, 9.17) is 20.2 Å². The van der Waals surface area contributed by atoms with E-state index in [0.717, 1.165) is 35.4 Å². The first-order valence-corrected chi connectivity index (χ1v) is 12.6. The van der Waals surface area contributed by atoms with Gasteiger partial charge in [0.15, 0.2) is 0 Å². The zero-order chi connectivity index (χ0) is 27.3. The number of carbonyl (C=O) groups is 1. The van der Waals surface area contributed by atoms with Gasteiger partial charge in [0.05, 0.1) is 17.9 Å². The number of carbonyl (C=O) groups excluding carboxylic acids is 1. The van der Waals surface area contributed by atoms with Gasteiger partial charge in [0.2, 0.25) is 0 Å². The molecule has 0 radical (unpaired) electrons. The Morgan fingerprint density at radius 2 is 2.08 bits per heavy atom. The summed E-state index contributed by atoms with van der Waals surface area (Å²) in [5.41, 5.74) is 9.57. The molecule has 1 aliphatic rings. The number of ether oxygens (including phenoxy) is 2. The van der Waals surface area contributed by atoms with E-state index in [1.165, 1.54) is 12.4 Å². The van der Waals surface area contributed by atoms with E-state index in [1.807, 2.05) is 58.2 Å². The molecule has 0 aromatic carbocycles. The average molecular weight is 516 g/mol. The lowest BCUT2D eigenvalue weighted by Crippen LogP contribution is -2.42. The van der Waals surface area contributed by atoms with Gasteiger partial charge in [-0.15, -0.1) is 0 Å². The van der Waals surface area contributed by atoms with Crippen molar-refractivity contribution in [3.05, 3.63) is 65.9 Å². The standard InChI is InChI=1S/C28H33N7O3/c1-19(33-22-8-11-34(12-9-22)27(36)38-28(2,3)4)24(15-30)20-13-25(37-18-23-7-5-6-10-31-23)26-21(14-29)16-32-35(26)17-20/h5-7,10,13,15-17,22H,8-9,11-12,18,30H2,1-4H3/b24-15+,33-19?. The minimum Gasteiger partial charge on any atom is -0.485 e. The van der Waals surface area contributed by atoms with Gasteiger partial charge in [-0.3, -0.25) is 9.98 Å². The molecule has 0 spiro atoms.